The largest absolute Gasteiger partial charge is 0.465 e. The third-order valence-corrected chi connectivity index (χ3v) is 5.32. The number of carbonyl (C=O) groups excluding carboxylic acids is 2. The predicted octanol–water partition coefficient (Wildman–Crippen LogP) is 4.46. The average molecular weight is 504 g/mol. The molecule has 0 aliphatic heterocycles. The molecule has 148 valence electrons. The average Bonchev–Trinajstić information content (AvgIpc) is 2.61. The molecular weight excluding hydrogens is 479 g/mol. The molecule has 1 aromatic carbocycles. The van der Waals surface area contributed by atoms with Gasteiger partial charge in [0.1, 0.15) is 0 Å². The molecule has 5 nitrogen and oxygen atoms in total. The quantitative estimate of drug-likeness (QED) is 0.268. The van der Waals surface area contributed by atoms with Gasteiger partial charge in [-0.1, -0.05) is 30.4 Å². The highest BCUT2D eigenvalue weighted by Gasteiger charge is 2.48. The second-order valence-electron chi connectivity index (χ2n) is 5.90. The van der Waals surface area contributed by atoms with Crippen LogP contribution in [0.3, 0.4) is 0 Å². The van der Waals surface area contributed by atoms with Crippen molar-refractivity contribution in [3.8, 4) is 0 Å². The molecule has 0 aromatic heterocycles. The van der Waals surface area contributed by atoms with E-state index in [1.165, 1.54) is 5.41 Å². The number of halogens is 1. The first-order valence-electron chi connectivity index (χ1n) is 8.58. The number of hydrogen-bond donors (Lipinski definition) is 0. The van der Waals surface area contributed by atoms with Crippen molar-refractivity contribution in [2.75, 3.05) is 13.2 Å². The van der Waals surface area contributed by atoms with Gasteiger partial charge in [-0.05, 0) is 65.5 Å². The highest BCUT2D eigenvalue weighted by Crippen LogP contribution is 2.36. The topological polar surface area (TPSA) is 69.7 Å². The highest BCUT2D eigenvalue weighted by molar-refractivity contribution is 14.1. The molecule has 27 heavy (non-hydrogen) atoms. The van der Waals surface area contributed by atoms with Gasteiger partial charge < -0.3 is 9.47 Å². The maximum atomic E-state index is 12.6. The number of carbonyl (C=O) groups is 2. The minimum atomic E-state index is -1.53. The highest BCUT2D eigenvalue weighted by atomic mass is 127. The van der Waals surface area contributed by atoms with Crippen LogP contribution >= 0.6 is 22.6 Å². The molecular formula is C20H25IO5S. The van der Waals surface area contributed by atoms with Crippen LogP contribution in [0.2, 0.25) is 0 Å². The molecule has 1 rings (SSSR count). The second-order valence-corrected chi connectivity index (χ2v) is 8.77. The molecule has 0 saturated heterocycles. The fraction of sp³-hybridized carbons (Fsp3) is 0.400. The summed E-state index contributed by atoms with van der Waals surface area (Å²) in [6.45, 7) is 9.40. The van der Waals surface area contributed by atoms with E-state index in [4.69, 9.17) is 9.47 Å². The lowest BCUT2D eigenvalue weighted by molar-refractivity contribution is -0.171. The van der Waals surface area contributed by atoms with Gasteiger partial charge in [0.05, 0.1) is 24.0 Å². The van der Waals surface area contributed by atoms with Crippen LogP contribution in [0, 0.1) is 12.3 Å². The number of rotatable bonds is 10. The molecule has 7 heteroatoms. The standard InChI is InChI=1S/C20H25IO5S/c1-5-25-18(22)20(14-16(4)21,19(23)26-6-2)12-7-13-27(24)17-10-8-15(3)9-11-17/h7-11,13H,4-6,12,14H2,1-3H3/b13-7+/t27-/m1/s1. The fourth-order valence-corrected chi connectivity index (χ4v) is 3.90. The summed E-state index contributed by atoms with van der Waals surface area (Å²) >= 11 is 1.97. The van der Waals surface area contributed by atoms with Crippen molar-refractivity contribution >= 4 is 45.3 Å². The van der Waals surface area contributed by atoms with Crippen LogP contribution in [0.25, 0.3) is 0 Å². The van der Waals surface area contributed by atoms with E-state index in [9.17, 15) is 13.8 Å². The SMILES string of the molecule is C=C(I)CC(C/C=C/[S@@](=O)c1ccc(C)cc1)(C(=O)OCC)C(=O)OCC. The maximum absolute atomic E-state index is 12.6. The smallest absolute Gasteiger partial charge is 0.324 e. The van der Waals surface area contributed by atoms with E-state index in [1.54, 1.807) is 32.1 Å². The van der Waals surface area contributed by atoms with Gasteiger partial charge >= 0.3 is 11.9 Å². The van der Waals surface area contributed by atoms with Crippen molar-refractivity contribution < 1.29 is 23.3 Å². The van der Waals surface area contributed by atoms with Gasteiger partial charge in [-0.25, -0.2) is 4.21 Å². The Balaban J connectivity index is 3.11. The Morgan fingerprint density at radius 2 is 1.67 bits per heavy atom. The summed E-state index contributed by atoms with van der Waals surface area (Å²) < 4.78 is 23.3. The zero-order chi connectivity index (χ0) is 20.4. The van der Waals surface area contributed by atoms with Gasteiger partial charge in [0.2, 0.25) is 0 Å². The van der Waals surface area contributed by atoms with E-state index in [1.807, 2.05) is 41.6 Å². The minimum Gasteiger partial charge on any atom is -0.465 e. The van der Waals surface area contributed by atoms with E-state index in [0.717, 1.165) is 5.56 Å². The molecule has 0 unspecified atom stereocenters. The van der Waals surface area contributed by atoms with Gasteiger partial charge in [-0.3, -0.25) is 9.59 Å². The number of aryl methyl sites for hydroxylation is 1. The second kappa shape index (κ2) is 11.4. The van der Waals surface area contributed by atoms with E-state index < -0.39 is 28.2 Å². The molecule has 0 aliphatic rings. The third kappa shape index (κ3) is 6.88. The van der Waals surface area contributed by atoms with Crippen LogP contribution in [0.5, 0.6) is 0 Å². The monoisotopic (exact) mass is 504 g/mol. The van der Waals surface area contributed by atoms with Crippen LogP contribution in [0.4, 0.5) is 0 Å². The number of allylic oxidation sites excluding steroid dienone is 2. The first kappa shape index (κ1) is 23.6. The van der Waals surface area contributed by atoms with Crippen LogP contribution in [-0.2, 0) is 29.9 Å². The molecule has 1 aromatic rings. The van der Waals surface area contributed by atoms with Crippen molar-refractivity contribution in [2.24, 2.45) is 5.41 Å². The Labute approximate surface area is 176 Å². The summed E-state index contributed by atoms with van der Waals surface area (Å²) in [6, 6.07) is 7.32. The van der Waals surface area contributed by atoms with Crippen molar-refractivity contribution in [3.63, 3.8) is 0 Å². The van der Waals surface area contributed by atoms with Gasteiger partial charge in [0.15, 0.2) is 5.41 Å². The summed E-state index contributed by atoms with van der Waals surface area (Å²) in [4.78, 5) is 25.9. The number of hydrogen-bond acceptors (Lipinski definition) is 5. The molecule has 0 aliphatic carbocycles. The lowest BCUT2D eigenvalue weighted by atomic mass is 9.81. The molecule has 0 bridgehead atoms. The minimum absolute atomic E-state index is 0.0181. The molecule has 0 heterocycles. The van der Waals surface area contributed by atoms with Gasteiger partial charge in [0, 0.05) is 16.7 Å². The van der Waals surface area contributed by atoms with Gasteiger partial charge in [0.25, 0.3) is 0 Å². The lowest BCUT2D eigenvalue weighted by Crippen LogP contribution is -2.42. The Morgan fingerprint density at radius 1 is 1.15 bits per heavy atom. The van der Waals surface area contributed by atoms with E-state index in [0.29, 0.717) is 8.48 Å². The third-order valence-electron chi connectivity index (χ3n) is 3.77. The van der Waals surface area contributed by atoms with Gasteiger partial charge in [-0.15, -0.1) is 0 Å². The molecule has 0 amide bonds. The fourth-order valence-electron chi connectivity index (χ4n) is 2.42. The maximum Gasteiger partial charge on any atom is 0.324 e. The Kier molecular flexibility index (Phi) is 9.93. The zero-order valence-corrected chi connectivity index (χ0v) is 18.8. The first-order valence-corrected chi connectivity index (χ1v) is 10.9. The number of benzene rings is 1. The van der Waals surface area contributed by atoms with Gasteiger partial charge in [-0.2, -0.15) is 0 Å². The molecule has 0 N–H and O–H groups in total. The van der Waals surface area contributed by atoms with Crippen molar-refractivity contribution in [1.82, 2.24) is 0 Å². The summed E-state index contributed by atoms with van der Waals surface area (Å²) in [5.41, 5.74) is -0.456. The van der Waals surface area contributed by atoms with Crippen LogP contribution < -0.4 is 0 Å². The van der Waals surface area contributed by atoms with Crippen LogP contribution in [-0.4, -0.2) is 29.4 Å². The van der Waals surface area contributed by atoms with E-state index in [2.05, 4.69) is 6.58 Å². The molecule has 1 atom stereocenters. The first-order chi connectivity index (χ1) is 12.8. The normalized spacial score (nSPS) is 12.6. The van der Waals surface area contributed by atoms with Crippen LogP contribution in [0.15, 0.2) is 50.8 Å². The summed E-state index contributed by atoms with van der Waals surface area (Å²) in [7, 11) is -1.38. The van der Waals surface area contributed by atoms with E-state index in [-0.39, 0.29) is 26.1 Å². The predicted molar refractivity (Wildman–Crippen MR) is 115 cm³/mol. The number of ether oxygens (including phenoxy) is 2. The summed E-state index contributed by atoms with van der Waals surface area (Å²) in [6.07, 6.45) is 1.68. The molecule has 0 spiro atoms. The number of esters is 2. The zero-order valence-electron chi connectivity index (χ0n) is 15.8. The molecule has 0 saturated carbocycles. The Hall–Kier alpha value is -1.48. The van der Waals surface area contributed by atoms with Crippen molar-refractivity contribution in [1.29, 1.82) is 0 Å². The Morgan fingerprint density at radius 3 is 2.11 bits per heavy atom. The van der Waals surface area contributed by atoms with Crippen molar-refractivity contribution in [3.05, 3.63) is 51.5 Å². The molecule has 0 fully saturated rings. The lowest BCUT2D eigenvalue weighted by Gasteiger charge is -2.27. The summed E-state index contributed by atoms with van der Waals surface area (Å²) in [5, 5.41) is 1.48. The van der Waals surface area contributed by atoms with E-state index >= 15 is 0 Å². The van der Waals surface area contributed by atoms with Crippen molar-refractivity contribution in [2.45, 2.75) is 38.5 Å². The Bertz CT molecular complexity index is 706. The molecule has 0 radical (unpaired) electrons. The van der Waals surface area contributed by atoms with Crippen LogP contribution in [0.1, 0.15) is 32.3 Å². The summed E-state index contributed by atoms with van der Waals surface area (Å²) in [5.74, 6) is -1.32.